The average molecular weight is 245 g/mol. The van der Waals surface area contributed by atoms with Crippen LogP contribution < -0.4 is 5.73 Å². The number of nitrogens with zero attached hydrogens (tertiary/aromatic N) is 1. The number of nitrogens with two attached hydrogens (primary N) is 1. The van der Waals surface area contributed by atoms with Gasteiger partial charge in [-0.1, -0.05) is 19.9 Å². The van der Waals surface area contributed by atoms with Gasteiger partial charge in [0.2, 0.25) is 0 Å². The zero-order valence-electron chi connectivity index (χ0n) is 11.7. The van der Waals surface area contributed by atoms with Crippen LogP contribution in [0.3, 0.4) is 0 Å². The molecule has 1 aromatic carbocycles. The summed E-state index contributed by atoms with van der Waals surface area (Å²) in [5.41, 5.74) is 9.31. The maximum absolute atomic E-state index is 6.06. The Morgan fingerprint density at radius 3 is 2.67 bits per heavy atom. The Hall–Kier alpha value is -1.35. The minimum absolute atomic E-state index is 0.172. The molecule has 0 saturated carbocycles. The maximum Gasteiger partial charge on any atom is 0.107 e. The SMILES string of the molecule is CC(C)Cc1nc2ccc(CC(C)(C)N)cc2[nH]1. The van der Waals surface area contributed by atoms with Crippen LogP contribution in [0.15, 0.2) is 18.2 Å². The largest absolute Gasteiger partial charge is 0.342 e. The van der Waals surface area contributed by atoms with Crippen molar-refractivity contribution in [2.24, 2.45) is 11.7 Å². The fraction of sp³-hybridized carbons (Fsp3) is 0.533. The summed E-state index contributed by atoms with van der Waals surface area (Å²) in [6.07, 6.45) is 1.87. The van der Waals surface area contributed by atoms with Gasteiger partial charge in [-0.2, -0.15) is 0 Å². The summed E-state index contributed by atoms with van der Waals surface area (Å²) in [6.45, 7) is 8.51. The molecule has 0 amide bonds. The van der Waals surface area contributed by atoms with Crippen molar-refractivity contribution < 1.29 is 0 Å². The number of rotatable bonds is 4. The zero-order valence-corrected chi connectivity index (χ0v) is 11.7. The molecule has 0 aliphatic carbocycles. The molecule has 2 aromatic rings. The molecule has 1 aromatic heterocycles. The Morgan fingerprint density at radius 1 is 1.33 bits per heavy atom. The van der Waals surface area contributed by atoms with E-state index in [4.69, 9.17) is 5.73 Å². The number of aromatic nitrogens is 2. The number of H-pyrrole nitrogens is 1. The zero-order chi connectivity index (χ0) is 13.3. The van der Waals surface area contributed by atoms with Crippen LogP contribution in [0.5, 0.6) is 0 Å². The fourth-order valence-electron chi connectivity index (χ4n) is 2.23. The topological polar surface area (TPSA) is 54.7 Å². The predicted octanol–water partition coefficient (Wildman–Crippen LogP) is 3.04. The molecule has 0 aliphatic rings. The first-order valence-electron chi connectivity index (χ1n) is 6.60. The van der Waals surface area contributed by atoms with Crippen LogP contribution in [-0.2, 0) is 12.8 Å². The number of hydrogen-bond acceptors (Lipinski definition) is 2. The summed E-state index contributed by atoms with van der Waals surface area (Å²) in [4.78, 5) is 8.00. The number of fused-ring (bicyclic) bond motifs is 1. The fourth-order valence-corrected chi connectivity index (χ4v) is 2.23. The molecule has 0 atom stereocenters. The summed E-state index contributed by atoms with van der Waals surface area (Å²) < 4.78 is 0. The Morgan fingerprint density at radius 2 is 2.06 bits per heavy atom. The second-order valence-corrected chi connectivity index (χ2v) is 6.30. The van der Waals surface area contributed by atoms with Crippen molar-refractivity contribution >= 4 is 11.0 Å². The van der Waals surface area contributed by atoms with Gasteiger partial charge in [0.25, 0.3) is 0 Å². The third-order valence-corrected chi connectivity index (χ3v) is 2.86. The van der Waals surface area contributed by atoms with Gasteiger partial charge in [0.1, 0.15) is 5.82 Å². The highest BCUT2D eigenvalue weighted by Crippen LogP contribution is 2.18. The summed E-state index contributed by atoms with van der Waals surface area (Å²) in [5.74, 6) is 1.69. The number of imidazole rings is 1. The van der Waals surface area contributed by atoms with Gasteiger partial charge >= 0.3 is 0 Å². The first-order chi connectivity index (χ1) is 8.33. The van der Waals surface area contributed by atoms with E-state index >= 15 is 0 Å². The van der Waals surface area contributed by atoms with Crippen molar-refractivity contribution in [2.45, 2.75) is 46.1 Å². The van der Waals surface area contributed by atoms with Crippen molar-refractivity contribution in [3.63, 3.8) is 0 Å². The number of benzene rings is 1. The molecule has 0 aliphatic heterocycles. The van der Waals surface area contributed by atoms with Crippen molar-refractivity contribution in [3.8, 4) is 0 Å². The van der Waals surface area contributed by atoms with Crippen LogP contribution in [0, 0.1) is 5.92 Å². The van der Waals surface area contributed by atoms with Gasteiger partial charge in [-0.25, -0.2) is 4.98 Å². The number of nitrogens with one attached hydrogen (secondary N) is 1. The van der Waals surface area contributed by atoms with Gasteiger partial charge in [0.05, 0.1) is 11.0 Å². The van der Waals surface area contributed by atoms with E-state index in [1.165, 1.54) is 5.56 Å². The molecule has 0 unspecified atom stereocenters. The van der Waals surface area contributed by atoms with Crippen LogP contribution in [0.1, 0.15) is 39.1 Å². The van der Waals surface area contributed by atoms with Crippen LogP contribution in [0.4, 0.5) is 0 Å². The lowest BCUT2D eigenvalue weighted by Crippen LogP contribution is -2.34. The van der Waals surface area contributed by atoms with Crippen molar-refractivity contribution in [3.05, 3.63) is 29.6 Å². The molecule has 0 saturated heterocycles. The summed E-state index contributed by atoms with van der Waals surface area (Å²) in [5, 5.41) is 0. The molecule has 2 rings (SSSR count). The van der Waals surface area contributed by atoms with Crippen molar-refractivity contribution in [2.75, 3.05) is 0 Å². The summed E-state index contributed by atoms with van der Waals surface area (Å²) in [6, 6.07) is 6.37. The second kappa shape index (κ2) is 4.73. The van der Waals surface area contributed by atoms with Crippen LogP contribution in [0.2, 0.25) is 0 Å². The minimum Gasteiger partial charge on any atom is -0.342 e. The smallest absolute Gasteiger partial charge is 0.107 e. The lowest BCUT2D eigenvalue weighted by atomic mass is 9.96. The molecular weight excluding hydrogens is 222 g/mol. The molecule has 98 valence electrons. The summed E-state index contributed by atoms with van der Waals surface area (Å²) in [7, 11) is 0. The molecular formula is C15H23N3. The predicted molar refractivity (Wildman–Crippen MR) is 76.6 cm³/mol. The normalized spacial score (nSPS) is 12.6. The number of aromatic amines is 1. The van der Waals surface area contributed by atoms with E-state index in [0.717, 1.165) is 29.7 Å². The van der Waals surface area contributed by atoms with Gasteiger partial charge < -0.3 is 10.7 Å². The van der Waals surface area contributed by atoms with Gasteiger partial charge in [0.15, 0.2) is 0 Å². The van der Waals surface area contributed by atoms with E-state index in [2.05, 4.69) is 42.0 Å². The van der Waals surface area contributed by atoms with E-state index in [9.17, 15) is 0 Å². The highest BCUT2D eigenvalue weighted by molar-refractivity contribution is 5.75. The van der Waals surface area contributed by atoms with Crippen LogP contribution in [-0.4, -0.2) is 15.5 Å². The molecule has 0 fully saturated rings. The minimum atomic E-state index is -0.172. The average Bonchev–Trinajstić information content (AvgIpc) is 2.55. The highest BCUT2D eigenvalue weighted by Gasteiger charge is 2.12. The van der Waals surface area contributed by atoms with E-state index < -0.39 is 0 Å². The monoisotopic (exact) mass is 245 g/mol. The van der Waals surface area contributed by atoms with E-state index in [1.54, 1.807) is 0 Å². The standard InChI is InChI=1S/C15H23N3/c1-10(2)7-14-17-12-6-5-11(8-13(12)18-14)9-15(3,4)16/h5-6,8,10H,7,9,16H2,1-4H3,(H,17,18). The molecule has 1 heterocycles. The van der Waals surface area contributed by atoms with E-state index in [1.807, 2.05) is 13.8 Å². The van der Waals surface area contributed by atoms with Gasteiger partial charge in [-0.15, -0.1) is 0 Å². The maximum atomic E-state index is 6.06. The third-order valence-electron chi connectivity index (χ3n) is 2.86. The van der Waals surface area contributed by atoms with Crippen LogP contribution in [0.25, 0.3) is 11.0 Å². The van der Waals surface area contributed by atoms with Gasteiger partial charge in [0, 0.05) is 12.0 Å². The molecule has 0 spiro atoms. The van der Waals surface area contributed by atoms with Crippen molar-refractivity contribution in [1.82, 2.24) is 9.97 Å². The Balaban J connectivity index is 2.28. The van der Waals surface area contributed by atoms with E-state index in [0.29, 0.717) is 5.92 Å². The molecule has 3 N–H and O–H groups in total. The lowest BCUT2D eigenvalue weighted by Gasteiger charge is -2.18. The quantitative estimate of drug-likeness (QED) is 0.870. The first kappa shape index (κ1) is 13.1. The van der Waals surface area contributed by atoms with E-state index in [-0.39, 0.29) is 5.54 Å². The molecule has 3 nitrogen and oxygen atoms in total. The summed E-state index contributed by atoms with van der Waals surface area (Å²) >= 11 is 0. The Labute approximate surface area is 109 Å². The molecule has 18 heavy (non-hydrogen) atoms. The highest BCUT2D eigenvalue weighted by atomic mass is 14.9. The van der Waals surface area contributed by atoms with Crippen LogP contribution >= 0.6 is 0 Å². The molecule has 3 heteroatoms. The van der Waals surface area contributed by atoms with Gasteiger partial charge in [-0.3, -0.25) is 0 Å². The Bertz CT molecular complexity index is 532. The first-order valence-corrected chi connectivity index (χ1v) is 6.60. The third kappa shape index (κ3) is 3.33. The van der Waals surface area contributed by atoms with Gasteiger partial charge in [-0.05, 0) is 43.9 Å². The van der Waals surface area contributed by atoms with Crippen molar-refractivity contribution in [1.29, 1.82) is 0 Å². The molecule has 0 radical (unpaired) electrons. The Kier molecular flexibility index (Phi) is 3.44. The second-order valence-electron chi connectivity index (χ2n) is 6.30. The lowest BCUT2D eigenvalue weighted by molar-refractivity contribution is 0.517. The number of hydrogen-bond donors (Lipinski definition) is 2. The molecule has 0 bridgehead atoms.